The SMILES string of the molecule is O=C(c1ccc2c(c1)OCCO2)N(CC1CCCO1)c1nc2c(F)cc(F)cc2s1. The number of halogens is 2. The van der Waals surface area contributed by atoms with Crippen LogP contribution < -0.4 is 14.4 Å². The van der Waals surface area contributed by atoms with E-state index in [9.17, 15) is 13.6 Å². The van der Waals surface area contributed by atoms with Crippen molar-refractivity contribution < 1.29 is 27.8 Å². The molecule has 3 aromatic rings. The van der Waals surface area contributed by atoms with Crippen LogP contribution in [0.5, 0.6) is 11.5 Å². The summed E-state index contributed by atoms with van der Waals surface area (Å²) >= 11 is 1.07. The number of thiazole rings is 1. The van der Waals surface area contributed by atoms with E-state index in [0.29, 0.717) is 46.7 Å². The first-order valence-corrected chi connectivity index (χ1v) is 10.5. The Labute approximate surface area is 175 Å². The van der Waals surface area contributed by atoms with Gasteiger partial charge in [0.15, 0.2) is 22.4 Å². The largest absolute Gasteiger partial charge is 0.486 e. The summed E-state index contributed by atoms with van der Waals surface area (Å²) in [6, 6.07) is 7.00. The highest BCUT2D eigenvalue weighted by Crippen LogP contribution is 2.35. The number of benzene rings is 2. The molecule has 0 aliphatic carbocycles. The monoisotopic (exact) mass is 432 g/mol. The Morgan fingerprint density at radius 2 is 1.97 bits per heavy atom. The minimum absolute atomic E-state index is 0.0451. The minimum Gasteiger partial charge on any atom is -0.486 e. The number of hydrogen-bond donors (Lipinski definition) is 0. The van der Waals surface area contributed by atoms with E-state index in [1.54, 1.807) is 18.2 Å². The van der Waals surface area contributed by atoms with Crippen molar-refractivity contribution in [3.8, 4) is 11.5 Å². The van der Waals surface area contributed by atoms with Crippen LogP contribution in [-0.4, -0.2) is 43.4 Å². The molecule has 156 valence electrons. The van der Waals surface area contributed by atoms with E-state index in [0.717, 1.165) is 30.2 Å². The fraction of sp³-hybridized carbons (Fsp3) is 0.333. The Morgan fingerprint density at radius 1 is 1.13 bits per heavy atom. The Balaban J connectivity index is 1.53. The quantitative estimate of drug-likeness (QED) is 0.619. The van der Waals surface area contributed by atoms with Crippen molar-refractivity contribution in [3.05, 3.63) is 47.5 Å². The minimum atomic E-state index is -0.753. The highest BCUT2D eigenvalue weighted by atomic mass is 32.1. The van der Waals surface area contributed by atoms with Crippen LogP contribution in [0.2, 0.25) is 0 Å². The van der Waals surface area contributed by atoms with Crippen molar-refractivity contribution in [2.75, 3.05) is 31.3 Å². The number of carbonyl (C=O) groups excluding carboxylic acids is 1. The number of rotatable bonds is 4. The van der Waals surface area contributed by atoms with Crippen LogP contribution in [0.25, 0.3) is 10.2 Å². The molecule has 1 aromatic heterocycles. The predicted molar refractivity (Wildman–Crippen MR) is 108 cm³/mol. The summed E-state index contributed by atoms with van der Waals surface area (Å²) in [5.74, 6) is -0.666. The highest BCUT2D eigenvalue weighted by molar-refractivity contribution is 7.22. The van der Waals surface area contributed by atoms with Gasteiger partial charge >= 0.3 is 0 Å². The molecule has 1 saturated heterocycles. The molecular formula is C21H18F2N2O4S. The van der Waals surface area contributed by atoms with E-state index in [4.69, 9.17) is 14.2 Å². The average Bonchev–Trinajstić information content (AvgIpc) is 3.41. The van der Waals surface area contributed by atoms with Crippen molar-refractivity contribution in [1.82, 2.24) is 4.98 Å². The van der Waals surface area contributed by atoms with Crippen molar-refractivity contribution in [1.29, 1.82) is 0 Å². The van der Waals surface area contributed by atoms with Crippen molar-refractivity contribution >= 4 is 32.6 Å². The molecule has 0 saturated carbocycles. The van der Waals surface area contributed by atoms with E-state index in [-0.39, 0.29) is 24.1 Å². The maximum Gasteiger partial charge on any atom is 0.260 e. The van der Waals surface area contributed by atoms with E-state index in [1.807, 2.05) is 0 Å². The molecule has 5 rings (SSSR count). The first-order chi connectivity index (χ1) is 14.6. The molecule has 2 aliphatic heterocycles. The zero-order chi connectivity index (χ0) is 20.7. The number of anilines is 1. The fourth-order valence-corrected chi connectivity index (χ4v) is 4.65. The van der Waals surface area contributed by atoms with Crippen molar-refractivity contribution in [2.45, 2.75) is 18.9 Å². The third-order valence-electron chi connectivity index (χ3n) is 5.08. The predicted octanol–water partition coefficient (Wildman–Crippen LogP) is 4.17. The summed E-state index contributed by atoms with van der Waals surface area (Å²) in [4.78, 5) is 19.2. The second-order valence-corrected chi connectivity index (χ2v) is 8.15. The van der Waals surface area contributed by atoms with Crippen LogP contribution in [-0.2, 0) is 4.74 Å². The molecule has 30 heavy (non-hydrogen) atoms. The third-order valence-corrected chi connectivity index (χ3v) is 6.10. The Morgan fingerprint density at radius 3 is 2.77 bits per heavy atom. The van der Waals surface area contributed by atoms with Gasteiger partial charge in [0, 0.05) is 18.2 Å². The Bertz CT molecular complexity index is 1110. The van der Waals surface area contributed by atoms with Crippen molar-refractivity contribution in [2.24, 2.45) is 0 Å². The van der Waals surface area contributed by atoms with Gasteiger partial charge in [0.2, 0.25) is 0 Å². The summed E-state index contributed by atoms with van der Waals surface area (Å²) < 4.78 is 45.0. The lowest BCUT2D eigenvalue weighted by atomic mass is 10.1. The molecule has 9 heteroatoms. The highest BCUT2D eigenvalue weighted by Gasteiger charge is 2.28. The number of ether oxygens (including phenoxy) is 3. The Hall–Kier alpha value is -2.78. The first kappa shape index (κ1) is 19.2. The van der Waals surface area contributed by atoms with Crippen LogP contribution >= 0.6 is 11.3 Å². The lowest BCUT2D eigenvalue weighted by molar-refractivity contribution is 0.0916. The van der Waals surface area contributed by atoms with Gasteiger partial charge in [0.05, 0.1) is 17.3 Å². The Kier molecular flexibility index (Phi) is 5.00. The van der Waals surface area contributed by atoms with Crippen LogP contribution in [0.3, 0.4) is 0 Å². The van der Waals surface area contributed by atoms with Gasteiger partial charge in [-0.1, -0.05) is 11.3 Å². The normalized spacial score (nSPS) is 18.0. The van der Waals surface area contributed by atoms with Gasteiger partial charge in [0.1, 0.15) is 24.5 Å². The van der Waals surface area contributed by atoms with Crippen LogP contribution in [0, 0.1) is 11.6 Å². The van der Waals surface area contributed by atoms with E-state index >= 15 is 0 Å². The first-order valence-electron chi connectivity index (χ1n) is 9.67. The zero-order valence-electron chi connectivity index (χ0n) is 15.9. The second-order valence-electron chi connectivity index (χ2n) is 7.14. The summed E-state index contributed by atoms with van der Waals surface area (Å²) in [6.45, 7) is 1.78. The molecule has 0 spiro atoms. The lowest BCUT2D eigenvalue weighted by Gasteiger charge is -2.24. The zero-order valence-corrected chi connectivity index (χ0v) is 16.7. The van der Waals surface area contributed by atoms with Crippen LogP contribution in [0.15, 0.2) is 30.3 Å². The van der Waals surface area contributed by atoms with E-state index < -0.39 is 11.6 Å². The molecule has 0 bridgehead atoms. The lowest BCUT2D eigenvalue weighted by Crippen LogP contribution is -2.37. The third kappa shape index (κ3) is 3.59. The number of hydrogen-bond acceptors (Lipinski definition) is 6. The van der Waals surface area contributed by atoms with Gasteiger partial charge in [-0.05, 0) is 37.1 Å². The molecule has 3 heterocycles. The average molecular weight is 432 g/mol. The van der Waals surface area contributed by atoms with Gasteiger partial charge in [-0.25, -0.2) is 13.8 Å². The van der Waals surface area contributed by atoms with Crippen molar-refractivity contribution in [3.63, 3.8) is 0 Å². The van der Waals surface area contributed by atoms with Gasteiger partial charge in [-0.2, -0.15) is 0 Å². The molecule has 0 radical (unpaired) electrons. The number of carbonyl (C=O) groups is 1. The van der Waals surface area contributed by atoms with Crippen LogP contribution in [0.4, 0.5) is 13.9 Å². The number of nitrogens with zero attached hydrogens (tertiary/aromatic N) is 2. The van der Waals surface area contributed by atoms with Gasteiger partial charge < -0.3 is 14.2 Å². The second kappa shape index (κ2) is 7.81. The smallest absolute Gasteiger partial charge is 0.260 e. The molecule has 1 atom stereocenters. The van der Waals surface area contributed by atoms with E-state index in [1.165, 1.54) is 11.0 Å². The molecule has 1 amide bonds. The summed E-state index contributed by atoms with van der Waals surface area (Å²) in [6.07, 6.45) is 1.59. The van der Waals surface area contributed by atoms with Gasteiger partial charge in [0.25, 0.3) is 5.91 Å². The summed E-state index contributed by atoms with van der Waals surface area (Å²) in [5.41, 5.74) is 0.437. The molecule has 2 aromatic carbocycles. The van der Waals surface area contributed by atoms with E-state index in [2.05, 4.69) is 4.98 Å². The molecule has 0 N–H and O–H groups in total. The van der Waals surface area contributed by atoms with Gasteiger partial charge in [-0.3, -0.25) is 9.69 Å². The maximum absolute atomic E-state index is 14.2. The topological polar surface area (TPSA) is 60.9 Å². The molecule has 1 unspecified atom stereocenters. The number of aromatic nitrogens is 1. The molecule has 2 aliphatic rings. The summed E-state index contributed by atoms with van der Waals surface area (Å²) in [7, 11) is 0. The fourth-order valence-electron chi connectivity index (χ4n) is 3.63. The number of amides is 1. The summed E-state index contributed by atoms with van der Waals surface area (Å²) in [5, 5.41) is 0.296. The number of fused-ring (bicyclic) bond motifs is 2. The van der Waals surface area contributed by atoms with Crippen LogP contribution in [0.1, 0.15) is 23.2 Å². The molecule has 1 fully saturated rings. The molecule has 6 nitrogen and oxygen atoms in total. The molecular weight excluding hydrogens is 414 g/mol. The maximum atomic E-state index is 14.2. The van der Waals surface area contributed by atoms with Gasteiger partial charge in [-0.15, -0.1) is 0 Å². The standard InChI is InChI=1S/C21H18F2N2O4S/c22-13-9-15(23)19-18(10-13)30-21(24-19)25(11-14-2-1-5-27-14)20(26)12-3-4-16-17(8-12)29-7-6-28-16/h3-4,8-10,14H,1-2,5-7,11H2.